The van der Waals surface area contributed by atoms with Gasteiger partial charge in [0.2, 0.25) is 0 Å². The summed E-state index contributed by atoms with van der Waals surface area (Å²) in [6.45, 7) is 1.76. The quantitative estimate of drug-likeness (QED) is 0.744. The molecule has 0 aliphatic carbocycles. The van der Waals surface area contributed by atoms with Crippen LogP contribution in [-0.2, 0) is 9.53 Å². The van der Waals surface area contributed by atoms with Crippen LogP contribution in [0.2, 0.25) is 0 Å². The van der Waals surface area contributed by atoms with Crippen molar-refractivity contribution in [3.05, 3.63) is 60.2 Å². The van der Waals surface area contributed by atoms with E-state index >= 15 is 0 Å². The number of ether oxygens (including phenoxy) is 2. The van der Waals surface area contributed by atoms with Crippen molar-refractivity contribution < 1.29 is 23.9 Å². The Morgan fingerprint density at radius 2 is 1.65 bits per heavy atom. The van der Waals surface area contributed by atoms with E-state index in [0.717, 1.165) is 6.42 Å². The smallest absolute Gasteiger partial charge is 0.342 e. The van der Waals surface area contributed by atoms with E-state index in [-0.39, 0.29) is 5.56 Å². The summed E-state index contributed by atoms with van der Waals surface area (Å²) in [5, 5.41) is 4.57. The number of carbonyl (C=O) groups is 3. The first-order valence-electron chi connectivity index (χ1n) is 8.17. The van der Waals surface area contributed by atoms with Gasteiger partial charge in [-0.3, -0.25) is 10.1 Å². The molecule has 7 nitrogen and oxygen atoms in total. The molecule has 7 heteroatoms. The predicted octanol–water partition coefficient (Wildman–Crippen LogP) is 2.87. The van der Waals surface area contributed by atoms with Crippen LogP contribution >= 0.6 is 0 Å². The van der Waals surface area contributed by atoms with Gasteiger partial charge in [0.05, 0.1) is 0 Å². The molecule has 2 aromatic rings. The van der Waals surface area contributed by atoms with E-state index < -0.39 is 24.5 Å². The van der Waals surface area contributed by atoms with E-state index in [4.69, 9.17) is 9.47 Å². The Balaban J connectivity index is 1.93. The standard InChI is InChI=1S/C19H20N2O5/c1-2-12-20-19(24)21-17(22)13-25-18(23)15-10-6-7-11-16(15)26-14-8-4-3-5-9-14/h3-11H,2,12-13H2,1H3,(H2,20,21,22,24). The molecule has 0 unspecified atom stereocenters. The molecule has 3 amide bonds. The maximum Gasteiger partial charge on any atom is 0.342 e. The highest BCUT2D eigenvalue weighted by Gasteiger charge is 2.16. The van der Waals surface area contributed by atoms with E-state index in [1.54, 1.807) is 30.3 Å². The lowest BCUT2D eigenvalue weighted by Gasteiger charge is -2.11. The third kappa shape index (κ3) is 5.94. The van der Waals surface area contributed by atoms with E-state index in [2.05, 4.69) is 10.6 Å². The van der Waals surface area contributed by atoms with E-state index in [0.29, 0.717) is 18.0 Å². The van der Waals surface area contributed by atoms with Crippen molar-refractivity contribution in [2.24, 2.45) is 0 Å². The highest BCUT2D eigenvalue weighted by Crippen LogP contribution is 2.25. The molecule has 0 aliphatic rings. The van der Waals surface area contributed by atoms with Crippen LogP contribution in [0.4, 0.5) is 4.79 Å². The number of urea groups is 1. The third-order valence-corrected chi connectivity index (χ3v) is 3.20. The number of rotatable bonds is 7. The van der Waals surface area contributed by atoms with Gasteiger partial charge < -0.3 is 14.8 Å². The zero-order chi connectivity index (χ0) is 18.8. The van der Waals surface area contributed by atoms with Crippen LogP contribution in [0.5, 0.6) is 11.5 Å². The summed E-state index contributed by atoms with van der Waals surface area (Å²) in [6, 6.07) is 14.9. The summed E-state index contributed by atoms with van der Waals surface area (Å²) < 4.78 is 10.6. The molecular formula is C19H20N2O5. The zero-order valence-corrected chi connectivity index (χ0v) is 14.4. The molecule has 0 spiro atoms. The fraction of sp³-hybridized carbons (Fsp3) is 0.211. The van der Waals surface area contributed by atoms with Gasteiger partial charge in [0.25, 0.3) is 5.91 Å². The average Bonchev–Trinajstić information content (AvgIpc) is 2.65. The molecule has 0 radical (unpaired) electrons. The van der Waals surface area contributed by atoms with Crippen LogP contribution in [0.1, 0.15) is 23.7 Å². The summed E-state index contributed by atoms with van der Waals surface area (Å²) in [5.41, 5.74) is 0.180. The Morgan fingerprint density at radius 1 is 0.962 bits per heavy atom. The molecule has 2 aromatic carbocycles. The summed E-state index contributed by atoms with van der Waals surface area (Å²) in [6.07, 6.45) is 0.745. The van der Waals surface area contributed by atoms with E-state index in [1.807, 2.05) is 25.1 Å². The monoisotopic (exact) mass is 356 g/mol. The second-order valence-electron chi connectivity index (χ2n) is 5.29. The van der Waals surface area contributed by atoms with Crippen LogP contribution in [-0.4, -0.2) is 31.1 Å². The van der Waals surface area contributed by atoms with Crippen LogP contribution in [0.15, 0.2) is 54.6 Å². The zero-order valence-electron chi connectivity index (χ0n) is 14.4. The highest BCUT2D eigenvalue weighted by atomic mass is 16.5. The number of benzene rings is 2. The predicted molar refractivity (Wildman–Crippen MR) is 95.1 cm³/mol. The fourth-order valence-corrected chi connectivity index (χ4v) is 1.99. The van der Waals surface area contributed by atoms with Gasteiger partial charge in [-0.2, -0.15) is 0 Å². The van der Waals surface area contributed by atoms with Gasteiger partial charge in [-0.1, -0.05) is 37.3 Å². The van der Waals surface area contributed by atoms with Crippen molar-refractivity contribution in [3.63, 3.8) is 0 Å². The van der Waals surface area contributed by atoms with Gasteiger partial charge in [-0.25, -0.2) is 9.59 Å². The minimum Gasteiger partial charge on any atom is -0.456 e. The molecule has 0 atom stereocenters. The molecule has 0 fully saturated rings. The number of hydrogen-bond donors (Lipinski definition) is 2. The Kier molecular flexibility index (Phi) is 7.17. The SMILES string of the molecule is CCCNC(=O)NC(=O)COC(=O)c1ccccc1Oc1ccccc1. The molecule has 136 valence electrons. The molecule has 0 aromatic heterocycles. The fourth-order valence-electron chi connectivity index (χ4n) is 1.99. The summed E-state index contributed by atoms with van der Waals surface area (Å²) >= 11 is 0. The number of hydrogen-bond acceptors (Lipinski definition) is 5. The highest BCUT2D eigenvalue weighted by molar-refractivity contribution is 5.97. The normalized spacial score (nSPS) is 9.88. The third-order valence-electron chi connectivity index (χ3n) is 3.20. The number of carbonyl (C=O) groups excluding carboxylic acids is 3. The number of nitrogens with one attached hydrogen (secondary N) is 2. The van der Waals surface area contributed by atoms with Gasteiger partial charge in [-0.15, -0.1) is 0 Å². The molecule has 0 heterocycles. The maximum absolute atomic E-state index is 12.2. The van der Waals surface area contributed by atoms with Gasteiger partial charge in [-0.05, 0) is 30.7 Å². The van der Waals surface area contributed by atoms with Gasteiger partial charge >= 0.3 is 12.0 Å². The van der Waals surface area contributed by atoms with Crippen LogP contribution in [0.25, 0.3) is 0 Å². The van der Waals surface area contributed by atoms with E-state index in [9.17, 15) is 14.4 Å². The van der Waals surface area contributed by atoms with Crippen molar-refractivity contribution >= 4 is 17.9 Å². The summed E-state index contributed by atoms with van der Waals surface area (Å²) in [7, 11) is 0. The van der Waals surface area contributed by atoms with Crippen molar-refractivity contribution in [3.8, 4) is 11.5 Å². The second kappa shape index (κ2) is 9.83. The van der Waals surface area contributed by atoms with Crippen LogP contribution < -0.4 is 15.4 Å². The number of para-hydroxylation sites is 2. The first-order valence-corrected chi connectivity index (χ1v) is 8.17. The first-order chi connectivity index (χ1) is 12.6. The maximum atomic E-state index is 12.2. The Bertz CT molecular complexity index is 762. The van der Waals surface area contributed by atoms with Crippen LogP contribution in [0, 0.1) is 0 Å². The minimum atomic E-state index is -0.722. The molecular weight excluding hydrogens is 336 g/mol. The Hall–Kier alpha value is -3.35. The number of amides is 3. The van der Waals surface area contributed by atoms with Crippen molar-refractivity contribution in [2.75, 3.05) is 13.2 Å². The molecule has 26 heavy (non-hydrogen) atoms. The van der Waals surface area contributed by atoms with Gasteiger partial charge in [0.1, 0.15) is 17.1 Å². The largest absolute Gasteiger partial charge is 0.456 e. The number of esters is 1. The minimum absolute atomic E-state index is 0.180. The first kappa shape index (κ1) is 19.0. The van der Waals surface area contributed by atoms with Crippen LogP contribution in [0.3, 0.4) is 0 Å². The van der Waals surface area contributed by atoms with Gasteiger partial charge in [0, 0.05) is 6.54 Å². The van der Waals surface area contributed by atoms with Crippen molar-refractivity contribution in [1.82, 2.24) is 10.6 Å². The lowest BCUT2D eigenvalue weighted by molar-refractivity contribution is -0.123. The van der Waals surface area contributed by atoms with Gasteiger partial charge in [0.15, 0.2) is 6.61 Å². The average molecular weight is 356 g/mol. The Labute approximate surface area is 151 Å². The topological polar surface area (TPSA) is 93.7 Å². The molecule has 0 bridgehead atoms. The Morgan fingerprint density at radius 3 is 2.38 bits per heavy atom. The second-order valence-corrected chi connectivity index (χ2v) is 5.29. The molecule has 2 rings (SSSR count). The van der Waals surface area contributed by atoms with Crippen molar-refractivity contribution in [2.45, 2.75) is 13.3 Å². The summed E-state index contributed by atoms with van der Waals surface area (Å²) in [5.74, 6) is -0.558. The van der Waals surface area contributed by atoms with Crippen molar-refractivity contribution in [1.29, 1.82) is 0 Å². The molecule has 0 saturated heterocycles. The summed E-state index contributed by atoms with van der Waals surface area (Å²) in [4.78, 5) is 35.3. The molecule has 0 saturated carbocycles. The number of imide groups is 1. The molecule has 0 aliphatic heterocycles. The lowest BCUT2D eigenvalue weighted by Crippen LogP contribution is -2.41. The lowest BCUT2D eigenvalue weighted by atomic mass is 10.2. The molecule has 2 N–H and O–H groups in total. The van der Waals surface area contributed by atoms with E-state index in [1.165, 1.54) is 6.07 Å².